The zero-order valence-corrected chi connectivity index (χ0v) is 8.14. The van der Waals surface area contributed by atoms with Gasteiger partial charge in [0.25, 0.3) is 0 Å². The van der Waals surface area contributed by atoms with Crippen LogP contribution in [-0.4, -0.2) is 5.78 Å². The van der Waals surface area contributed by atoms with Crippen molar-refractivity contribution in [3.63, 3.8) is 0 Å². The van der Waals surface area contributed by atoms with E-state index in [9.17, 15) is 9.18 Å². The largest absolute Gasteiger partial charge is 0.295 e. The monoisotopic (exact) mass is 210 g/mol. The Labute approximate surface area is 86.2 Å². The van der Waals surface area contributed by atoms with Crippen LogP contribution in [0.4, 0.5) is 4.39 Å². The Kier molecular flexibility index (Phi) is 2.38. The molecule has 0 aliphatic heterocycles. The second kappa shape index (κ2) is 3.54. The average Bonchev–Trinajstić information content (AvgIpc) is 2.51. The third-order valence-electron chi connectivity index (χ3n) is 2.25. The lowest BCUT2D eigenvalue weighted by Gasteiger charge is -2.03. The van der Waals surface area contributed by atoms with Crippen LogP contribution in [0.3, 0.4) is 0 Å². The van der Waals surface area contributed by atoms with Crippen molar-refractivity contribution >= 4 is 23.0 Å². The topological polar surface area (TPSA) is 17.1 Å². The molecule has 3 heteroatoms. The van der Waals surface area contributed by atoms with Gasteiger partial charge in [-0.25, -0.2) is 4.39 Å². The van der Waals surface area contributed by atoms with E-state index in [-0.39, 0.29) is 11.6 Å². The standard InChI is InChI=1S/C11H8ClFO/c12-8-2-4-10(11(13)6-8)7-1-3-9(14)5-7/h2,4-6H,1,3H2. The molecule has 0 amide bonds. The van der Waals surface area contributed by atoms with Gasteiger partial charge in [0.1, 0.15) is 5.82 Å². The highest BCUT2D eigenvalue weighted by Crippen LogP contribution is 2.28. The molecule has 0 saturated heterocycles. The van der Waals surface area contributed by atoms with Crippen molar-refractivity contribution in [1.82, 2.24) is 0 Å². The molecular formula is C11H8ClFO. The summed E-state index contributed by atoms with van der Waals surface area (Å²) in [7, 11) is 0. The van der Waals surface area contributed by atoms with Gasteiger partial charge in [-0.15, -0.1) is 0 Å². The predicted octanol–water partition coefficient (Wildman–Crippen LogP) is 3.23. The van der Waals surface area contributed by atoms with E-state index in [1.807, 2.05) is 0 Å². The molecule has 0 bridgehead atoms. The number of carbonyl (C=O) groups is 1. The summed E-state index contributed by atoms with van der Waals surface area (Å²) in [5.74, 6) is -0.298. The predicted molar refractivity (Wildman–Crippen MR) is 53.6 cm³/mol. The molecule has 1 aliphatic rings. The van der Waals surface area contributed by atoms with E-state index in [2.05, 4.69) is 0 Å². The maximum absolute atomic E-state index is 13.4. The van der Waals surface area contributed by atoms with Crippen LogP contribution in [0.15, 0.2) is 24.3 Å². The van der Waals surface area contributed by atoms with E-state index < -0.39 is 0 Å². The van der Waals surface area contributed by atoms with Gasteiger partial charge in [-0.3, -0.25) is 4.79 Å². The normalized spacial score (nSPS) is 15.9. The van der Waals surface area contributed by atoms with Crippen molar-refractivity contribution in [3.8, 4) is 0 Å². The zero-order chi connectivity index (χ0) is 10.1. The zero-order valence-electron chi connectivity index (χ0n) is 7.39. The van der Waals surface area contributed by atoms with Crippen molar-refractivity contribution in [3.05, 3.63) is 40.7 Å². The molecular weight excluding hydrogens is 203 g/mol. The summed E-state index contributed by atoms with van der Waals surface area (Å²) in [6, 6.07) is 4.51. The molecule has 0 radical (unpaired) electrons. The van der Waals surface area contributed by atoms with E-state index in [0.29, 0.717) is 23.4 Å². The molecule has 0 heterocycles. The van der Waals surface area contributed by atoms with Gasteiger partial charge in [-0.05, 0) is 30.2 Å². The lowest BCUT2D eigenvalue weighted by molar-refractivity contribution is -0.114. The van der Waals surface area contributed by atoms with Crippen molar-refractivity contribution in [2.45, 2.75) is 12.8 Å². The number of rotatable bonds is 1. The van der Waals surface area contributed by atoms with Gasteiger partial charge in [-0.2, -0.15) is 0 Å². The summed E-state index contributed by atoms with van der Waals surface area (Å²) in [6.07, 6.45) is 2.61. The molecule has 1 aromatic carbocycles. The first-order chi connectivity index (χ1) is 6.66. The molecule has 0 saturated carbocycles. The summed E-state index contributed by atoms with van der Waals surface area (Å²) >= 11 is 5.63. The fourth-order valence-corrected chi connectivity index (χ4v) is 1.72. The SMILES string of the molecule is O=C1C=C(c2ccc(Cl)cc2F)CC1. The molecule has 0 spiro atoms. The van der Waals surface area contributed by atoms with Crippen LogP contribution in [-0.2, 0) is 4.79 Å². The fourth-order valence-electron chi connectivity index (χ4n) is 1.56. The fraction of sp³-hybridized carbons (Fsp3) is 0.182. The molecule has 0 aromatic heterocycles. The van der Waals surface area contributed by atoms with Gasteiger partial charge < -0.3 is 0 Å². The van der Waals surface area contributed by atoms with E-state index in [1.165, 1.54) is 12.1 Å². The average molecular weight is 211 g/mol. The van der Waals surface area contributed by atoms with Gasteiger partial charge in [0.2, 0.25) is 0 Å². The Morgan fingerprint density at radius 2 is 2.07 bits per heavy atom. The molecule has 0 atom stereocenters. The number of carbonyl (C=O) groups excluding carboxylic acids is 1. The van der Waals surface area contributed by atoms with Crippen LogP contribution in [0.2, 0.25) is 5.02 Å². The Hall–Kier alpha value is -1.15. The summed E-state index contributed by atoms with van der Waals surface area (Å²) in [6.45, 7) is 0. The molecule has 1 nitrogen and oxygen atoms in total. The van der Waals surface area contributed by atoms with Crippen molar-refractivity contribution in [1.29, 1.82) is 0 Å². The van der Waals surface area contributed by atoms with Crippen LogP contribution in [0.5, 0.6) is 0 Å². The summed E-state index contributed by atoms with van der Waals surface area (Å²) < 4.78 is 13.4. The first kappa shape index (κ1) is 9.41. The second-order valence-electron chi connectivity index (χ2n) is 3.26. The van der Waals surface area contributed by atoms with Crippen molar-refractivity contribution in [2.24, 2.45) is 0 Å². The second-order valence-corrected chi connectivity index (χ2v) is 3.70. The maximum atomic E-state index is 13.4. The van der Waals surface area contributed by atoms with Gasteiger partial charge in [-0.1, -0.05) is 17.7 Å². The summed E-state index contributed by atoms with van der Waals surface area (Å²) in [5, 5.41) is 0.371. The highest BCUT2D eigenvalue weighted by atomic mass is 35.5. The first-order valence-electron chi connectivity index (χ1n) is 4.35. The van der Waals surface area contributed by atoms with Crippen molar-refractivity contribution < 1.29 is 9.18 Å². The minimum atomic E-state index is -0.363. The van der Waals surface area contributed by atoms with Crippen LogP contribution < -0.4 is 0 Å². The molecule has 0 N–H and O–H groups in total. The molecule has 1 aliphatic carbocycles. The van der Waals surface area contributed by atoms with Crippen molar-refractivity contribution in [2.75, 3.05) is 0 Å². The summed E-state index contributed by atoms with van der Waals surface area (Å²) in [4.78, 5) is 11.0. The van der Waals surface area contributed by atoms with Gasteiger partial charge in [0.05, 0.1) is 0 Å². The third kappa shape index (κ3) is 1.70. The van der Waals surface area contributed by atoms with Gasteiger partial charge in [0.15, 0.2) is 5.78 Å². The number of ketones is 1. The van der Waals surface area contributed by atoms with Gasteiger partial charge >= 0.3 is 0 Å². The first-order valence-corrected chi connectivity index (χ1v) is 4.73. The smallest absolute Gasteiger partial charge is 0.156 e. The quantitative estimate of drug-likeness (QED) is 0.696. The lowest BCUT2D eigenvalue weighted by atomic mass is 10.1. The number of halogens is 2. The molecule has 0 fully saturated rings. The number of hydrogen-bond acceptors (Lipinski definition) is 1. The minimum Gasteiger partial charge on any atom is -0.295 e. The number of allylic oxidation sites excluding steroid dienone is 2. The van der Waals surface area contributed by atoms with Crippen LogP contribution in [0.1, 0.15) is 18.4 Å². The van der Waals surface area contributed by atoms with E-state index in [4.69, 9.17) is 11.6 Å². The molecule has 72 valence electrons. The van der Waals surface area contributed by atoms with E-state index in [1.54, 1.807) is 12.1 Å². The Bertz CT molecular complexity index is 423. The summed E-state index contributed by atoms with van der Waals surface area (Å²) in [5.41, 5.74) is 1.25. The highest BCUT2D eigenvalue weighted by molar-refractivity contribution is 6.30. The van der Waals surface area contributed by atoms with Crippen LogP contribution in [0, 0.1) is 5.82 Å². The number of benzene rings is 1. The lowest BCUT2D eigenvalue weighted by Crippen LogP contribution is -1.86. The molecule has 2 rings (SSSR count). The Balaban J connectivity index is 2.42. The number of hydrogen-bond donors (Lipinski definition) is 0. The molecule has 1 aromatic rings. The Morgan fingerprint density at radius 1 is 1.29 bits per heavy atom. The van der Waals surface area contributed by atoms with Gasteiger partial charge in [0, 0.05) is 17.0 Å². The van der Waals surface area contributed by atoms with E-state index >= 15 is 0 Å². The van der Waals surface area contributed by atoms with Crippen LogP contribution >= 0.6 is 11.6 Å². The minimum absolute atomic E-state index is 0.0642. The van der Waals surface area contributed by atoms with Crippen LogP contribution in [0.25, 0.3) is 5.57 Å². The third-order valence-corrected chi connectivity index (χ3v) is 2.49. The Morgan fingerprint density at radius 3 is 2.64 bits per heavy atom. The molecule has 14 heavy (non-hydrogen) atoms. The molecule has 0 unspecified atom stereocenters. The highest BCUT2D eigenvalue weighted by Gasteiger charge is 2.16. The van der Waals surface area contributed by atoms with E-state index in [0.717, 1.165) is 5.57 Å². The maximum Gasteiger partial charge on any atom is 0.156 e.